The van der Waals surface area contributed by atoms with E-state index in [2.05, 4.69) is 0 Å². The van der Waals surface area contributed by atoms with E-state index < -0.39 is 16.6 Å². The molecule has 0 unspecified atom stereocenters. The topological polar surface area (TPSA) is 63.5 Å². The molecule has 3 aromatic carbocycles. The van der Waals surface area contributed by atoms with Gasteiger partial charge >= 0.3 is 0 Å². The average Bonchev–Trinajstić information content (AvgIpc) is 2.72. The number of non-ortho nitro benzene ring substituents is 1. The first-order valence-corrected chi connectivity index (χ1v) is 9.82. The van der Waals surface area contributed by atoms with E-state index in [-0.39, 0.29) is 24.3 Å². The van der Waals surface area contributed by atoms with Crippen molar-refractivity contribution >= 4 is 34.8 Å². The number of halogens is 3. The predicted octanol–water partition coefficient (Wildman–Crippen LogP) is 5.93. The molecule has 5 nitrogen and oxygen atoms in total. The molecule has 0 atom stereocenters. The highest BCUT2D eigenvalue weighted by Gasteiger charge is 2.20. The fourth-order valence-electron chi connectivity index (χ4n) is 2.98. The Balaban J connectivity index is 1.84. The summed E-state index contributed by atoms with van der Waals surface area (Å²) >= 11 is 12.2. The second-order valence-corrected chi connectivity index (χ2v) is 7.46. The molecule has 0 fully saturated rings. The summed E-state index contributed by atoms with van der Waals surface area (Å²) in [5.74, 6) is -1.09. The van der Waals surface area contributed by atoms with Gasteiger partial charge in [0.05, 0.1) is 10.5 Å². The second kappa shape index (κ2) is 9.69. The molecule has 0 saturated heterocycles. The van der Waals surface area contributed by atoms with Crippen LogP contribution in [-0.2, 0) is 13.0 Å². The number of carbonyl (C=O) groups excluding carboxylic acids is 1. The minimum Gasteiger partial charge on any atom is -0.334 e. The van der Waals surface area contributed by atoms with Crippen molar-refractivity contribution in [1.29, 1.82) is 0 Å². The number of nitrogens with zero attached hydrogens (tertiary/aromatic N) is 2. The average molecular weight is 447 g/mol. The van der Waals surface area contributed by atoms with Crippen LogP contribution in [0, 0.1) is 15.9 Å². The minimum atomic E-state index is -0.610. The van der Waals surface area contributed by atoms with Gasteiger partial charge in [0.25, 0.3) is 11.6 Å². The molecule has 0 aliphatic carbocycles. The van der Waals surface area contributed by atoms with Gasteiger partial charge in [-0.25, -0.2) is 4.39 Å². The van der Waals surface area contributed by atoms with E-state index >= 15 is 0 Å². The van der Waals surface area contributed by atoms with Gasteiger partial charge in [-0.3, -0.25) is 14.9 Å². The molecule has 0 N–H and O–H groups in total. The zero-order valence-corrected chi connectivity index (χ0v) is 17.2. The first-order chi connectivity index (χ1) is 14.3. The molecule has 3 rings (SSSR count). The van der Waals surface area contributed by atoms with Crippen LogP contribution in [-0.4, -0.2) is 22.3 Å². The number of hydrogen-bond donors (Lipinski definition) is 0. The summed E-state index contributed by atoms with van der Waals surface area (Å²) in [5, 5.41) is 11.8. The van der Waals surface area contributed by atoms with Crippen LogP contribution in [0.4, 0.5) is 10.1 Å². The van der Waals surface area contributed by atoms with Crippen molar-refractivity contribution < 1.29 is 14.1 Å². The van der Waals surface area contributed by atoms with Crippen LogP contribution >= 0.6 is 23.2 Å². The highest BCUT2D eigenvalue weighted by atomic mass is 35.5. The third kappa shape index (κ3) is 5.34. The van der Waals surface area contributed by atoms with Crippen molar-refractivity contribution in [2.75, 3.05) is 6.54 Å². The van der Waals surface area contributed by atoms with Gasteiger partial charge in [-0.15, -0.1) is 0 Å². The van der Waals surface area contributed by atoms with Gasteiger partial charge < -0.3 is 4.90 Å². The lowest BCUT2D eigenvalue weighted by molar-refractivity contribution is -0.384. The van der Waals surface area contributed by atoms with Crippen molar-refractivity contribution in [3.05, 3.63) is 109 Å². The summed E-state index contributed by atoms with van der Waals surface area (Å²) in [7, 11) is 0. The molecule has 3 aromatic rings. The maximum absolute atomic E-state index is 14.2. The molecule has 1 amide bonds. The van der Waals surface area contributed by atoms with Crippen LogP contribution in [0.15, 0.2) is 66.7 Å². The summed E-state index contributed by atoms with van der Waals surface area (Å²) in [5.41, 5.74) is 1.41. The Morgan fingerprint density at radius 3 is 2.37 bits per heavy atom. The lowest BCUT2D eigenvalue weighted by atomic mass is 10.1. The Hall–Kier alpha value is -2.96. The second-order valence-electron chi connectivity index (χ2n) is 6.62. The quantitative estimate of drug-likeness (QED) is 0.333. The molecule has 0 radical (unpaired) electrons. The van der Waals surface area contributed by atoms with Crippen molar-refractivity contribution in [3.63, 3.8) is 0 Å². The molecule has 0 aromatic heterocycles. The molecular formula is C22H17Cl2FN2O3. The molecule has 8 heteroatoms. The van der Waals surface area contributed by atoms with E-state index in [1.807, 2.05) is 0 Å². The molecular weight excluding hydrogens is 430 g/mol. The normalized spacial score (nSPS) is 10.6. The lowest BCUT2D eigenvalue weighted by Crippen LogP contribution is -2.33. The standard InChI is InChI=1S/C22H17Cl2FN2O3/c23-17-8-7-16(20(24)13-17)11-12-26(22(28)19-3-1-2-4-21(19)25)14-15-5-9-18(10-6-15)27(29)30/h1-10,13H,11-12,14H2. The number of carbonyl (C=O) groups is 1. The summed E-state index contributed by atoms with van der Waals surface area (Å²) in [6.07, 6.45) is 0.434. The first kappa shape index (κ1) is 21.7. The van der Waals surface area contributed by atoms with Gasteiger partial charge in [0.1, 0.15) is 5.82 Å². The summed E-state index contributed by atoms with van der Waals surface area (Å²) in [6, 6.07) is 16.8. The van der Waals surface area contributed by atoms with Crippen molar-refractivity contribution in [2.45, 2.75) is 13.0 Å². The number of nitro groups is 1. The Morgan fingerprint density at radius 1 is 1.03 bits per heavy atom. The van der Waals surface area contributed by atoms with E-state index in [9.17, 15) is 19.3 Å². The van der Waals surface area contributed by atoms with Crippen molar-refractivity contribution in [3.8, 4) is 0 Å². The fourth-order valence-corrected chi connectivity index (χ4v) is 3.48. The first-order valence-electron chi connectivity index (χ1n) is 9.06. The fraction of sp³-hybridized carbons (Fsp3) is 0.136. The number of amides is 1. The Labute approximate surface area is 182 Å². The van der Waals surface area contributed by atoms with Gasteiger partial charge in [0.15, 0.2) is 0 Å². The van der Waals surface area contributed by atoms with E-state index in [0.717, 1.165) is 5.56 Å². The van der Waals surface area contributed by atoms with Crippen LogP contribution < -0.4 is 0 Å². The van der Waals surface area contributed by atoms with E-state index in [1.54, 1.807) is 36.4 Å². The number of hydrogen-bond acceptors (Lipinski definition) is 3. The maximum atomic E-state index is 14.2. The van der Waals surface area contributed by atoms with Crippen LogP contribution in [0.3, 0.4) is 0 Å². The number of rotatable bonds is 7. The summed E-state index contributed by atoms with van der Waals surface area (Å²) in [6.45, 7) is 0.432. The van der Waals surface area contributed by atoms with Gasteiger partial charge in [0.2, 0.25) is 0 Å². The molecule has 0 saturated carbocycles. The molecule has 0 aliphatic rings. The van der Waals surface area contributed by atoms with Gasteiger partial charge in [-0.2, -0.15) is 0 Å². The van der Waals surface area contributed by atoms with E-state index in [4.69, 9.17) is 23.2 Å². The van der Waals surface area contributed by atoms with Crippen LogP contribution in [0.25, 0.3) is 0 Å². The van der Waals surface area contributed by atoms with Crippen LogP contribution in [0.5, 0.6) is 0 Å². The molecule has 154 valence electrons. The summed E-state index contributed by atoms with van der Waals surface area (Å²) < 4.78 is 14.2. The van der Waals surface area contributed by atoms with Crippen LogP contribution in [0.2, 0.25) is 10.0 Å². The molecule has 0 heterocycles. The molecule has 0 bridgehead atoms. The van der Waals surface area contributed by atoms with Gasteiger partial charge in [-0.05, 0) is 41.8 Å². The van der Waals surface area contributed by atoms with Crippen molar-refractivity contribution in [2.24, 2.45) is 0 Å². The molecule has 0 aliphatic heterocycles. The zero-order valence-electron chi connectivity index (χ0n) is 15.7. The molecule has 30 heavy (non-hydrogen) atoms. The largest absolute Gasteiger partial charge is 0.334 e. The lowest BCUT2D eigenvalue weighted by Gasteiger charge is -2.23. The Kier molecular flexibility index (Phi) is 7.03. The van der Waals surface area contributed by atoms with E-state index in [1.165, 1.54) is 35.2 Å². The van der Waals surface area contributed by atoms with Gasteiger partial charge in [-0.1, -0.05) is 53.5 Å². The highest BCUT2D eigenvalue weighted by Crippen LogP contribution is 2.23. The third-order valence-corrected chi connectivity index (χ3v) is 5.17. The smallest absolute Gasteiger partial charge is 0.269 e. The van der Waals surface area contributed by atoms with Crippen molar-refractivity contribution in [1.82, 2.24) is 4.90 Å². The Bertz CT molecular complexity index is 1070. The molecule has 0 spiro atoms. The Morgan fingerprint density at radius 2 is 1.73 bits per heavy atom. The van der Waals surface area contributed by atoms with Gasteiger partial charge in [0, 0.05) is 35.3 Å². The van der Waals surface area contributed by atoms with E-state index in [0.29, 0.717) is 22.0 Å². The third-order valence-electron chi connectivity index (χ3n) is 4.58. The zero-order chi connectivity index (χ0) is 21.7. The van der Waals surface area contributed by atoms with Crippen LogP contribution in [0.1, 0.15) is 21.5 Å². The number of nitro benzene ring substituents is 1. The summed E-state index contributed by atoms with van der Waals surface area (Å²) in [4.78, 5) is 24.9. The minimum absolute atomic E-state index is 0.0402. The monoisotopic (exact) mass is 446 g/mol. The SMILES string of the molecule is O=C(c1ccccc1F)N(CCc1ccc(Cl)cc1Cl)Cc1ccc([N+](=O)[O-])cc1. The highest BCUT2D eigenvalue weighted by molar-refractivity contribution is 6.35. The number of benzene rings is 3. The maximum Gasteiger partial charge on any atom is 0.269 e. The predicted molar refractivity (Wildman–Crippen MR) is 114 cm³/mol.